The van der Waals surface area contributed by atoms with Gasteiger partial charge in [-0.3, -0.25) is 9.48 Å². The van der Waals surface area contributed by atoms with E-state index in [9.17, 15) is 13.6 Å². The second kappa shape index (κ2) is 6.99. The number of hydrogen-bond donors (Lipinski definition) is 1. The normalized spacial score (nSPS) is 10.8. The van der Waals surface area contributed by atoms with Gasteiger partial charge in [0.05, 0.1) is 6.20 Å². The van der Waals surface area contributed by atoms with E-state index >= 15 is 0 Å². The molecule has 3 rings (SSSR count). The fraction of sp³-hybridized carbons (Fsp3) is 0.200. The molecular weight excluding hydrogens is 320 g/mol. The molecule has 0 aliphatic rings. The summed E-state index contributed by atoms with van der Waals surface area (Å²) >= 11 is 0. The summed E-state index contributed by atoms with van der Waals surface area (Å²) in [6, 6.07) is 4.69. The van der Waals surface area contributed by atoms with Gasteiger partial charge in [-0.05, 0) is 24.6 Å². The molecule has 3 aromatic rings. The molecule has 0 radical (unpaired) electrons. The predicted octanol–water partition coefficient (Wildman–Crippen LogP) is 2.03. The van der Waals surface area contributed by atoms with E-state index < -0.39 is 17.5 Å². The fourth-order valence-electron chi connectivity index (χ4n) is 2.05. The van der Waals surface area contributed by atoms with Crippen molar-refractivity contribution >= 4 is 5.91 Å². The molecule has 1 N–H and O–H groups in total. The first-order chi connectivity index (χ1) is 11.6. The monoisotopic (exact) mass is 333 g/mol. The van der Waals surface area contributed by atoms with Crippen LogP contribution in [0.1, 0.15) is 16.9 Å². The SMILES string of the molecule is O=C(NCCCn1ccnn1)c1cc(-c2ccc(F)c(F)c2)on1. The number of rotatable bonds is 6. The highest BCUT2D eigenvalue weighted by Crippen LogP contribution is 2.22. The first kappa shape index (κ1) is 15.8. The van der Waals surface area contributed by atoms with E-state index in [1.54, 1.807) is 17.1 Å². The highest BCUT2D eigenvalue weighted by Gasteiger charge is 2.14. The van der Waals surface area contributed by atoms with Gasteiger partial charge in [-0.2, -0.15) is 0 Å². The van der Waals surface area contributed by atoms with Crippen LogP contribution in [0, 0.1) is 11.6 Å². The van der Waals surface area contributed by atoms with Gasteiger partial charge >= 0.3 is 0 Å². The Kier molecular flexibility index (Phi) is 4.59. The Balaban J connectivity index is 1.56. The van der Waals surface area contributed by atoms with Crippen LogP contribution < -0.4 is 5.32 Å². The molecule has 1 aromatic carbocycles. The molecule has 2 aromatic heterocycles. The minimum atomic E-state index is -0.997. The quantitative estimate of drug-likeness (QED) is 0.698. The third-order valence-corrected chi connectivity index (χ3v) is 3.27. The first-order valence-electron chi connectivity index (χ1n) is 7.18. The smallest absolute Gasteiger partial charge is 0.273 e. The Morgan fingerprint density at radius 3 is 2.88 bits per heavy atom. The Morgan fingerprint density at radius 1 is 1.25 bits per heavy atom. The molecule has 2 heterocycles. The topological polar surface area (TPSA) is 85.8 Å². The summed E-state index contributed by atoms with van der Waals surface area (Å²) in [5, 5.41) is 13.8. The van der Waals surface area contributed by atoms with Crippen molar-refractivity contribution in [1.29, 1.82) is 0 Å². The Bertz CT molecular complexity index is 832. The van der Waals surface area contributed by atoms with Crippen molar-refractivity contribution < 1.29 is 18.1 Å². The predicted molar refractivity (Wildman–Crippen MR) is 78.8 cm³/mol. The van der Waals surface area contributed by atoms with E-state index in [2.05, 4.69) is 20.8 Å². The molecule has 0 atom stereocenters. The lowest BCUT2D eigenvalue weighted by molar-refractivity contribution is 0.0943. The number of nitrogens with one attached hydrogen (secondary N) is 1. The average molecular weight is 333 g/mol. The van der Waals surface area contributed by atoms with Gasteiger partial charge in [-0.15, -0.1) is 5.10 Å². The number of carbonyl (C=O) groups excluding carboxylic acids is 1. The van der Waals surface area contributed by atoms with Gasteiger partial charge in [0.2, 0.25) is 0 Å². The third-order valence-electron chi connectivity index (χ3n) is 3.27. The van der Waals surface area contributed by atoms with Crippen molar-refractivity contribution in [2.24, 2.45) is 0 Å². The summed E-state index contributed by atoms with van der Waals surface area (Å²) in [6.07, 6.45) is 3.98. The zero-order chi connectivity index (χ0) is 16.9. The molecule has 0 unspecified atom stereocenters. The van der Waals surface area contributed by atoms with Crippen LogP contribution in [0.3, 0.4) is 0 Å². The Labute approximate surface area is 135 Å². The second-order valence-electron chi connectivity index (χ2n) is 4.98. The summed E-state index contributed by atoms with van der Waals surface area (Å²) in [7, 11) is 0. The van der Waals surface area contributed by atoms with Crippen LogP contribution in [0.2, 0.25) is 0 Å². The highest BCUT2D eigenvalue weighted by atomic mass is 19.2. The van der Waals surface area contributed by atoms with Gasteiger partial charge < -0.3 is 9.84 Å². The molecule has 0 spiro atoms. The van der Waals surface area contributed by atoms with Gasteiger partial charge in [-0.25, -0.2) is 8.78 Å². The van der Waals surface area contributed by atoms with Crippen LogP contribution >= 0.6 is 0 Å². The van der Waals surface area contributed by atoms with Crippen molar-refractivity contribution in [3.05, 3.63) is 54.0 Å². The van der Waals surface area contributed by atoms with Crippen LogP contribution in [-0.4, -0.2) is 32.6 Å². The molecule has 124 valence electrons. The van der Waals surface area contributed by atoms with Crippen LogP contribution in [-0.2, 0) is 6.54 Å². The third kappa shape index (κ3) is 3.62. The maximum absolute atomic E-state index is 13.2. The lowest BCUT2D eigenvalue weighted by atomic mass is 10.1. The van der Waals surface area contributed by atoms with Crippen molar-refractivity contribution in [2.75, 3.05) is 6.54 Å². The number of amides is 1. The molecule has 0 aliphatic heterocycles. The Hall–Kier alpha value is -3.10. The van der Waals surface area contributed by atoms with E-state index in [4.69, 9.17) is 4.52 Å². The average Bonchev–Trinajstić information content (AvgIpc) is 3.25. The van der Waals surface area contributed by atoms with Gasteiger partial charge in [0.1, 0.15) is 0 Å². The largest absolute Gasteiger partial charge is 0.355 e. The van der Waals surface area contributed by atoms with E-state index in [1.807, 2.05) is 0 Å². The molecule has 9 heteroatoms. The van der Waals surface area contributed by atoms with Gasteiger partial charge in [0.15, 0.2) is 23.1 Å². The summed E-state index contributed by atoms with van der Waals surface area (Å²) in [4.78, 5) is 12.0. The van der Waals surface area contributed by atoms with Gasteiger partial charge in [0.25, 0.3) is 5.91 Å². The first-order valence-corrected chi connectivity index (χ1v) is 7.18. The van der Waals surface area contributed by atoms with Crippen molar-refractivity contribution in [1.82, 2.24) is 25.5 Å². The summed E-state index contributed by atoms with van der Waals surface area (Å²) in [5.41, 5.74) is 0.363. The molecule has 0 fully saturated rings. The van der Waals surface area contributed by atoms with E-state index in [-0.39, 0.29) is 11.5 Å². The summed E-state index contributed by atoms with van der Waals surface area (Å²) in [5.74, 6) is -2.18. The zero-order valence-electron chi connectivity index (χ0n) is 12.4. The number of aryl methyl sites for hydroxylation is 1. The number of benzene rings is 1. The minimum absolute atomic E-state index is 0.0653. The highest BCUT2D eigenvalue weighted by molar-refractivity contribution is 5.93. The molecule has 0 saturated carbocycles. The number of nitrogens with zero attached hydrogens (tertiary/aromatic N) is 4. The number of halogens is 2. The number of aromatic nitrogens is 4. The lowest BCUT2D eigenvalue weighted by Gasteiger charge is -2.02. The summed E-state index contributed by atoms with van der Waals surface area (Å²) < 4.78 is 32.8. The van der Waals surface area contributed by atoms with Crippen LogP contribution in [0.15, 0.2) is 41.2 Å². The molecule has 0 saturated heterocycles. The molecule has 7 nitrogen and oxygen atoms in total. The van der Waals surface area contributed by atoms with E-state index in [0.717, 1.165) is 12.1 Å². The van der Waals surface area contributed by atoms with E-state index in [0.29, 0.717) is 25.1 Å². The van der Waals surface area contributed by atoms with Crippen LogP contribution in [0.4, 0.5) is 8.78 Å². The molecule has 0 aliphatic carbocycles. The molecule has 24 heavy (non-hydrogen) atoms. The Morgan fingerprint density at radius 2 is 2.12 bits per heavy atom. The zero-order valence-corrected chi connectivity index (χ0v) is 12.4. The number of carbonyl (C=O) groups is 1. The maximum atomic E-state index is 13.2. The van der Waals surface area contributed by atoms with E-state index in [1.165, 1.54) is 12.1 Å². The van der Waals surface area contributed by atoms with Crippen molar-refractivity contribution in [3.8, 4) is 11.3 Å². The molecular formula is C15H13F2N5O2. The lowest BCUT2D eigenvalue weighted by Crippen LogP contribution is -2.25. The minimum Gasteiger partial charge on any atom is -0.355 e. The van der Waals surface area contributed by atoms with Crippen LogP contribution in [0.5, 0.6) is 0 Å². The fourth-order valence-corrected chi connectivity index (χ4v) is 2.05. The van der Waals surface area contributed by atoms with Gasteiger partial charge in [0, 0.05) is 30.9 Å². The standard InChI is InChI=1S/C15H13F2N5O2/c16-11-3-2-10(8-12(11)17)14-9-13(20-24-14)15(23)18-4-1-6-22-7-5-19-21-22/h2-3,5,7-9H,1,4,6H2,(H,18,23). The molecule has 0 bridgehead atoms. The van der Waals surface area contributed by atoms with Crippen molar-refractivity contribution in [3.63, 3.8) is 0 Å². The van der Waals surface area contributed by atoms with Crippen molar-refractivity contribution in [2.45, 2.75) is 13.0 Å². The molecule has 1 amide bonds. The van der Waals surface area contributed by atoms with Gasteiger partial charge in [-0.1, -0.05) is 10.4 Å². The van der Waals surface area contributed by atoms with Crippen LogP contribution in [0.25, 0.3) is 11.3 Å². The summed E-state index contributed by atoms with van der Waals surface area (Å²) in [6.45, 7) is 1.05. The maximum Gasteiger partial charge on any atom is 0.273 e. The second-order valence-corrected chi connectivity index (χ2v) is 4.98. The number of hydrogen-bond acceptors (Lipinski definition) is 5.